The number of rotatable bonds is 10. The number of aromatic nitrogens is 2. The maximum absolute atomic E-state index is 11.9. The number of hydrogen-bond donors (Lipinski definition) is 2. The van der Waals surface area contributed by atoms with Gasteiger partial charge in [0.05, 0.1) is 25.6 Å². The van der Waals surface area contributed by atoms with Crippen LogP contribution in [0.15, 0.2) is 17.3 Å². The molecule has 0 amide bonds. The lowest BCUT2D eigenvalue weighted by molar-refractivity contribution is 0.0699. The molecule has 0 aromatic carbocycles. The Morgan fingerprint density at radius 1 is 1.20 bits per heavy atom. The Morgan fingerprint density at radius 2 is 1.90 bits per heavy atom. The van der Waals surface area contributed by atoms with Gasteiger partial charge in [0, 0.05) is 27.3 Å². The highest BCUT2D eigenvalue weighted by molar-refractivity contribution is 7.89. The van der Waals surface area contributed by atoms with Gasteiger partial charge in [-0.1, -0.05) is 0 Å². The number of hydrogen-bond acceptors (Lipinski definition) is 7. The predicted octanol–water partition coefficient (Wildman–Crippen LogP) is -0.150. The summed E-state index contributed by atoms with van der Waals surface area (Å²) in [5.41, 5.74) is 0. The molecule has 0 spiro atoms. The second-order valence-electron chi connectivity index (χ2n) is 3.85. The zero-order valence-electron chi connectivity index (χ0n) is 11.6. The first-order valence-corrected chi connectivity index (χ1v) is 7.64. The molecule has 0 bridgehead atoms. The third kappa shape index (κ3) is 5.78. The molecule has 0 unspecified atom stereocenters. The van der Waals surface area contributed by atoms with Crippen LogP contribution >= 0.6 is 0 Å². The van der Waals surface area contributed by atoms with Crippen molar-refractivity contribution in [1.29, 1.82) is 0 Å². The van der Waals surface area contributed by atoms with Crippen LogP contribution < -0.4 is 10.0 Å². The Morgan fingerprint density at radius 3 is 2.50 bits per heavy atom. The van der Waals surface area contributed by atoms with Crippen LogP contribution in [-0.2, 0) is 19.5 Å². The van der Waals surface area contributed by atoms with Crippen molar-refractivity contribution in [3.05, 3.63) is 12.4 Å². The molecule has 0 aliphatic rings. The lowest BCUT2D eigenvalue weighted by Gasteiger charge is -2.07. The summed E-state index contributed by atoms with van der Waals surface area (Å²) < 4.78 is 36.3. The van der Waals surface area contributed by atoms with Gasteiger partial charge in [0.25, 0.3) is 0 Å². The van der Waals surface area contributed by atoms with E-state index in [4.69, 9.17) is 9.47 Å². The Balaban J connectivity index is 2.33. The maximum atomic E-state index is 11.9. The van der Waals surface area contributed by atoms with E-state index in [1.807, 2.05) is 0 Å². The van der Waals surface area contributed by atoms with Gasteiger partial charge in [0.2, 0.25) is 16.0 Å². The van der Waals surface area contributed by atoms with E-state index in [0.717, 1.165) is 0 Å². The third-order valence-electron chi connectivity index (χ3n) is 2.35. The monoisotopic (exact) mass is 304 g/mol. The number of nitrogens with one attached hydrogen (secondary N) is 2. The van der Waals surface area contributed by atoms with E-state index >= 15 is 0 Å². The largest absolute Gasteiger partial charge is 0.382 e. The Bertz CT molecular complexity index is 478. The standard InChI is InChI=1S/C11H20N4O4S/c1-12-11-13-8-10(9-14-11)20(16,17)15-4-3-5-19-7-6-18-2/h8-9,15H,3-7H2,1-2H3,(H,12,13,14). The maximum Gasteiger partial charge on any atom is 0.243 e. The van der Waals surface area contributed by atoms with Gasteiger partial charge in [-0.25, -0.2) is 23.1 Å². The molecule has 1 aromatic heterocycles. The SMILES string of the molecule is CNc1ncc(S(=O)(=O)NCCCOCCOC)cn1. The molecule has 0 radical (unpaired) electrons. The van der Waals surface area contributed by atoms with Crippen molar-refractivity contribution >= 4 is 16.0 Å². The lowest BCUT2D eigenvalue weighted by Crippen LogP contribution is -2.26. The van der Waals surface area contributed by atoms with Gasteiger partial charge in [0.1, 0.15) is 4.90 Å². The highest BCUT2D eigenvalue weighted by Crippen LogP contribution is 2.06. The van der Waals surface area contributed by atoms with Gasteiger partial charge in [-0.15, -0.1) is 0 Å². The van der Waals surface area contributed by atoms with Crippen molar-refractivity contribution < 1.29 is 17.9 Å². The topological polar surface area (TPSA) is 102 Å². The molecule has 1 aromatic rings. The molecule has 1 heterocycles. The molecule has 20 heavy (non-hydrogen) atoms. The molecular weight excluding hydrogens is 284 g/mol. The van der Waals surface area contributed by atoms with Gasteiger partial charge in [-0.3, -0.25) is 0 Å². The molecule has 0 fully saturated rings. The van der Waals surface area contributed by atoms with Crippen LogP contribution in [0.3, 0.4) is 0 Å². The molecule has 9 heteroatoms. The van der Waals surface area contributed by atoms with Crippen molar-refractivity contribution in [2.24, 2.45) is 0 Å². The first kappa shape index (κ1) is 16.8. The van der Waals surface area contributed by atoms with Gasteiger partial charge in [-0.05, 0) is 6.42 Å². The van der Waals surface area contributed by atoms with Crippen LogP contribution in [0.4, 0.5) is 5.95 Å². The van der Waals surface area contributed by atoms with Gasteiger partial charge in [0.15, 0.2) is 0 Å². The highest BCUT2D eigenvalue weighted by Gasteiger charge is 2.14. The number of methoxy groups -OCH3 is 1. The van der Waals surface area contributed by atoms with Crippen LogP contribution in [0.1, 0.15) is 6.42 Å². The molecule has 8 nitrogen and oxygen atoms in total. The van der Waals surface area contributed by atoms with E-state index < -0.39 is 10.0 Å². The fourth-order valence-electron chi connectivity index (χ4n) is 1.29. The first-order chi connectivity index (χ1) is 9.60. The molecule has 0 atom stereocenters. The summed E-state index contributed by atoms with van der Waals surface area (Å²) >= 11 is 0. The summed E-state index contributed by atoms with van der Waals surface area (Å²) in [7, 11) is -0.311. The van der Waals surface area contributed by atoms with E-state index in [0.29, 0.717) is 38.7 Å². The molecule has 0 saturated heterocycles. The molecule has 1 rings (SSSR count). The van der Waals surface area contributed by atoms with Crippen LogP contribution in [0, 0.1) is 0 Å². The van der Waals surface area contributed by atoms with Gasteiger partial charge >= 0.3 is 0 Å². The molecule has 2 N–H and O–H groups in total. The van der Waals surface area contributed by atoms with Crippen molar-refractivity contribution in [2.75, 3.05) is 45.8 Å². The average Bonchev–Trinajstić information content (AvgIpc) is 2.46. The van der Waals surface area contributed by atoms with E-state index in [2.05, 4.69) is 20.0 Å². The van der Waals surface area contributed by atoms with Crippen molar-refractivity contribution in [1.82, 2.24) is 14.7 Å². The van der Waals surface area contributed by atoms with Crippen molar-refractivity contribution in [3.8, 4) is 0 Å². The number of anilines is 1. The summed E-state index contributed by atoms with van der Waals surface area (Å²) in [6.07, 6.45) is 3.10. The van der Waals surface area contributed by atoms with Crippen LogP contribution in [0.5, 0.6) is 0 Å². The van der Waals surface area contributed by atoms with Crippen LogP contribution in [-0.4, -0.2) is 58.9 Å². The molecule has 0 aliphatic heterocycles. The van der Waals surface area contributed by atoms with Gasteiger partial charge in [-0.2, -0.15) is 0 Å². The lowest BCUT2D eigenvalue weighted by atomic mass is 10.5. The minimum Gasteiger partial charge on any atom is -0.382 e. The molecular formula is C11H20N4O4S. The quantitative estimate of drug-likeness (QED) is 0.579. The second kappa shape index (κ2) is 8.80. The highest BCUT2D eigenvalue weighted by atomic mass is 32.2. The predicted molar refractivity (Wildman–Crippen MR) is 74.1 cm³/mol. The second-order valence-corrected chi connectivity index (χ2v) is 5.62. The molecule has 0 aliphatic carbocycles. The average molecular weight is 304 g/mol. The van der Waals surface area contributed by atoms with Crippen molar-refractivity contribution in [3.63, 3.8) is 0 Å². The third-order valence-corrected chi connectivity index (χ3v) is 3.77. The minimum absolute atomic E-state index is 0.0387. The number of nitrogens with zero attached hydrogens (tertiary/aromatic N) is 2. The van der Waals surface area contributed by atoms with E-state index in [1.54, 1.807) is 14.2 Å². The fourth-order valence-corrected chi connectivity index (χ4v) is 2.26. The van der Waals surface area contributed by atoms with Crippen molar-refractivity contribution in [2.45, 2.75) is 11.3 Å². The molecule has 114 valence electrons. The Hall–Kier alpha value is -1.29. The summed E-state index contributed by atoms with van der Waals surface area (Å²) in [4.78, 5) is 7.76. The van der Waals surface area contributed by atoms with E-state index in [1.165, 1.54) is 12.4 Å². The smallest absolute Gasteiger partial charge is 0.243 e. The summed E-state index contributed by atoms with van der Waals surface area (Å²) in [5, 5.41) is 2.72. The van der Waals surface area contributed by atoms with Gasteiger partial charge < -0.3 is 14.8 Å². The normalized spacial score (nSPS) is 11.5. The van der Waals surface area contributed by atoms with E-state index in [-0.39, 0.29) is 4.90 Å². The van der Waals surface area contributed by atoms with E-state index in [9.17, 15) is 8.42 Å². The zero-order valence-corrected chi connectivity index (χ0v) is 12.4. The first-order valence-electron chi connectivity index (χ1n) is 6.16. The summed E-state index contributed by atoms with van der Waals surface area (Å²) in [6, 6.07) is 0. The number of ether oxygens (including phenoxy) is 2. The van der Waals surface area contributed by atoms with Crippen LogP contribution in [0.25, 0.3) is 0 Å². The summed E-state index contributed by atoms with van der Waals surface area (Å²) in [6.45, 7) is 1.80. The number of sulfonamides is 1. The fraction of sp³-hybridized carbons (Fsp3) is 0.636. The Labute approximate surface area is 119 Å². The summed E-state index contributed by atoms with van der Waals surface area (Å²) in [5.74, 6) is 0.371. The Kier molecular flexibility index (Phi) is 7.37. The molecule has 0 saturated carbocycles. The zero-order chi connectivity index (χ0) is 14.8. The minimum atomic E-state index is -3.57. The van der Waals surface area contributed by atoms with Crippen LogP contribution in [0.2, 0.25) is 0 Å².